The Morgan fingerprint density at radius 3 is 2.42 bits per heavy atom. The van der Waals surface area contributed by atoms with E-state index in [4.69, 9.17) is 0 Å². The number of carbonyl (C=O) groups excluding carboxylic acids is 1. The van der Waals surface area contributed by atoms with Gasteiger partial charge in [-0.05, 0) is 55.5 Å². The monoisotopic (exact) mass is 322 g/mol. The maximum Gasteiger partial charge on any atom is 0.226 e. The van der Waals surface area contributed by atoms with Gasteiger partial charge in [0.2, 0.25) is 5.91 Å². The van der Waals surface area contributed by atoms with Crippen molar-refractivity contribution in [1.82, 2.24) is 4.90 Å². The number of anilines is 1. The molecule has 1 aliphatic rings. The van der Waals surface area contributed by atoms with Gasteiger partial charge in [0.1, 0.15) is 0 Å². The van der Waals surface area contributed by atoms with Crippen molar-refractivity contribution in [2.45, 2.75) is 39.2 Å². The molecule has 3 heteroatoms. The van der Waals surface area contributed by atoms with Crippen LogP contribution in [-0.2, 0) is 11.2 Å². The zero-order chi connectivity index (χ0) is 16.9. The number of benzene rings is 2. The summed E-state index contributed by atoms with van der Waals surface area (Å²) in [7, 11) is 0. The van der Waals surface area contributed by atoms with Crippen LogP contribution >= 0.6 is 0 Å². The topological polar surface area (TPSA) is 32.3 Å². The lowest BCUT2D eigenvalue weighted by molar-refractivity contribution is -0.131. The van der Waals surface area contributed by atoms with E-state index < -0.39 is 0 Å². The molecule has 1 N–H and O–H groups in total. The fourth-order valence-electron chi connectivity index (χ4n) is 3.22. The zero-order valence-electron chi connectivity index (χ0n) is 14.6. The first-order chi connectivity index (χ1) is 11.6. The van der Waals surface area contributed by atoms with E-state index >= 15 is 0 Å². The largest absolute Gasteiger partial charge is 0.382 e. The first kappa shape index (κ1) is 16.6. The summed E-state index contributed by atoms with van der Waals surface area (Å²) in [6.45, 7) is 5.96. The first-order valence-corrected chi connectivity index (χ1v) is 8.77. The average Bonchev–Trinajstić information content (AvgIpc) is 2.60. The number of amides is 1. The third-order valence-electron chi connectivity index (χ3n) is 4.92. The summed E-state index contributed by atoms with van der Waals surface area (Å²) in [5.74, 6) is 0.242. The highest BCUT2D eigenvalue weighted by atomic mass is 16.2. The van der Waals surface area contributed by atoms with Gasteiger partial charge in [-0.25, -0.2) is 0 Å². The molecule has 0 atom stereocenters. The van der Waals surface area contributed by atoms with Gasteiger partial charge in [0.05, 0.1) is 6.42 Å². The Morgan fingerprint density at radius 1 is 1.04 bits per heavy atom. The van der Waals surface area contributed by atoms with E-state index in [-0.39, 0.29) is 5.91 Å². The molecule has 1 saturated heterocycles. The van der Waals surface area contributed by atoms with Gasteiger partial charge in [-0.2, -0.15) is 0 Å². The van der Waals surface area contributed by atoms with Crippen molar-refractivity contribution in [1.29, 1.82) is 0 Å². The first-order valence-electron chi connectivity index (χ1n) is 8.77. The lowest BCUT2D eigenvalue weighted by atomic mass is 10.0. The predicted octanol–water partition coefficient (Wildman–Crippen LogP) is 3.95. The smallest absolute Gasteiger partial charge is 0.226 e. The fraction of sp³-hybridized carbons (Fsp3) is 0.381. The Labute approximate surface area is 144 Å². The summed E-state index contributed by atoms with van der Waals surface area (Å²) in [6, 6.07) is 17.0. The van der Waals surface area contributed by atoms with Crippen LogP contribution in [0.15, 0.2) is 48.5 Å². The van der Waals surface area contributed by atoms with Gasteiger partial charge in [-0.15, -0.1) is 0 Å². The average molecular weight is 322 g/mol. The van der Waals surface area contributed by atoms with Crippen LogP contribution < -0.4 is 5.32 Å². The van der Waals surface area contributed by atoms with E-state index in [1.165, 1.54) is 16.8 Å². The Morgan fingerprint density at radius 2 is 1.75 bits per heavy atom. The van der Waals surface area contributed by atoms with Gasteiger partial charge in [-0.3, -0.25) is 4.79 Å². The van der Waals surface area contributed by atoms with Crippen LogP contribution in [0.1, 0.15) is 29.5 Å². The Hall–Kier alpha value is -2.29. The number of piperidine rings is 1. The molecule has 0 aromatic heterocycles. The van der Waals surface area contributed by atoms with E-state index in [9.17, 15) is 4.79 Å². The molecular formula is C21H26N2O. The number of likely N-dealkylation sites (tertiary alicyclic amines) is 1. The number of hydrogen-bond donors (Lipinski definition) is 1. The molecule has 1 amide bonds. The van der Waals surface area contributed by atoms with E-state index in [0.29, 0.717) is 12.5 Å². The molecule has 2 aromatic carbocycles. The quantitative estimate of drug-likeness (QED) is 0.924. The minimum atomic E-state index is 0.242. The van der Waals surface area contributed by atoms with Gasteiger partial charge in [0.15, 0.2) is 0 Å². The highest BCUT2D eigenvalue weighted by Crippen LogP contribution is 2.20. The number of aryl methyl sites for hydroxylation is 2. The van der Waals surface area contributed by atoms with Crippen molar-refractivity contribution in [3.63, 3.8) is 0 Å². The van der Waals surface area contributed by atoms with E-state index in [1.807, 2.05) is 35.2 Å². The van der Waals surface area contributed by atoms with Crippen LogP contribution in [0.5, 0.6) is 0 Å². The molecule has 3 rings (SSSR count). The number of hydrogen-bond acceptors (Lipinski definition) is 2. The van der Waals surface area contributed by atoms with Crippen molar-refractivity contribution >= 4 is 11.6 Å². The second kappa shape index (κ2) is 7.52. The lowest BCUT2D eigenvalue weighted by Gasteiger charge is -2.33. The minimum Gasteiger partial charge on any atom is -0.382 e. The molecule has 1 fully saturated rings. The van der Waals surface area contributed by atoms with Crippen LogP contribution in [0, 0.1) is 13.8 Å². The maximum atomic E-state index is 12.4. The molecule has 1 heterocycles. The Kier molecular flexibility index (Phi) is 5.19. The van der Waals surface area contributed by atoms with Gasteiger partial charge in [-0.1, -0.05) is 36.4 Å². The van der Waals surface area contributed by atoms with E-state index in [2.05, 4.69) is 37.4 Å². The van der Waals surface area contributed by atoms with Gasteiger partial charge in [0, 0.05) is 24.8 Å². The molecular weight excluding hydrogens is 296 g/mol. The predicted molar refractivity (Wildman–Crippen MR) is 99.3 cm³/mol. The molecule has 0 saturated carbocycles. The Balaban J connectivity index is 1.50. The van der Waals surface area contributed by atoms with Crippen LogP contribution in [0.4, 0.5) is 5.69 Å². The fourth-order valence-corrected chi connectivity index (χ4v) is 3.22. The Bertz CT molecular complexity index is 688. The van der Waals surface area contributed by atoms with Crippen LogP contribution in [0.2, 0.25) is 0 Å². The van der Waals surface area contributed by atoms with Crippen molar-refractivity contribution < 1.29 is 4.79 Å². The number of carbonyl (C=O) groups is 1. The summed E-state index contributed by atoms with van der Waals surface area (Å²) < 4.78 is 0. The standard InChI is InChI=1S/C21H26N2O/c1-16-8-9-20(14-17(16)2)22-19-10-12-23(13-11-19)21(24)15-18-6-4-3-5-7-18/h3-9,14,19,22H,10-13,15H2,1-2H3. The molecule has 0 unspecified atom stereocenters. The third-order valence-corrected chi connectivity index (χ3v) is 4.92. The normalized spacial score (nSPS) is 15.3. The molecule has 2 aromatic rings. The van der Waals surface area contributed by atoms with Gasteiger partial charge in [0.25, 0.3) is 0 Å². The highest BCUT2D eigenvalue weighted by Gasteiger charge is 2.22. The van der Waals surface area contributed by atoms with Crippen molar-refractivity contribution in [3.8, 4) is 0 Å². The molecule has 0 spiro atoms. The summed E-state index contributed by atoms with van der Waals surface area (Å²) >= 11 is 0. The molecule has 0 aliphatic carbocycles. The summed E-state index contributed by atoms with van der Waals surface area (Å²) in [4.78, 5) is 14.4. The van der Waals surface area contributed by atoms with Crippen molar-refractivity contribution in [2.24, 2.45) is 0 Å². The van der Waals surface area contributed by atoms with Gasteiger partial charge >= 0.3 is 0 Å². The molecule has 24 heavy (non-hydrogen) atoms. The van der Waals surface area contributed by atoms with Crippen LogP contribution in [-0.4, -0.2) is 29.9 Å². The molecule has 0 bridgehead atoms. The third kappa shape index (κ3) is 4.16. The van der Waals surface area contributed by atoms with E-state index in [0.717, 1.165) is 31.5 Å². The molecule has 126 valence electrons. The minimum absolute atomic E-state index is 0.242. The van der Waals surface area contributed by atoms with Gasteiger partial charge < -0.3 is 10.2 Å². The van der Waals surface area contributed by atoms with Crippen LogP contribution in [0.3, 0.4) is 0 Å². The zero-order valence-corrected chi connectivity index (χ0v) is 14.6. The summed E-state index contributed by atoms with van der Waals surface area (Å²) in [6.07, 6.45) is 2.52. The second-order valence-electron chi connectivity index (χ2n) is 6.76. The second-order valence-corrected chi connectivity index (χ2v) is 6.76. The number of rotatable bonds is 4. The highest BCUT2D eigenvalue weighted by molar-refractivity contribution is 5.78. The molecule has 3 nitrogen and oxygen atoms in total. The molecule has 1 aliphatic heterocycles. The van der Waals surface area contributed by atoms with Crippen molar-refractivity contribution in [3.05, 3.63) is 65.2 Å². The van der Waals surface area contributed by atoms with E-state index in [1.54, 1.807) is 0 Å². The summed E-state index contributed by atoms with van der Waals surface area (Å²) in [5.41, 5.74) is 4.92. The molecule has 0 radical (unpaired) electrons. The maximum absolute atomic E-state index is 12.4. The SMILES string of the molecule is Cc1ccc(NC2CCN(C(=O)Cc3ccccc3)CC2)cc1C. The van der Waals surface area contributed by atoms with Crippen molar-refractivity contribution in [2.75, 3.05) is 18.4 Å². The summed E-state index contributed by atoms with van der Waals surface area (Å²) in [5, 5.41) is 3.62. The van der Waals surface area contributed by atoms with Crippen LogP contribution in [0.25, 0.3) is 0 Å². The number of nitrogens with zero attached hydrogens (tertiary/aromatic N) is 1. The lowest BCUT2D eigenvalue weighted by Crippen LogP contribution is -2.43. The number of nitrogens with one attached hydrogen (secondary N) is 1.